The molecule has 1 aliphatic rings. The van der Waals surface area contributed by atoms with Crippen LogP contribution in [0.3, 0.4) is 0 Å². The molecule has 0 bridgehead atoms. The maximum absolute atomic E-state index is 13.2. The molecule has 7 nitrogen and oxygen atoms in total. The molecule has 0 aliphatic carbocycles. The molecular formula is C17H21BrN4O3S. The van der Waals surface area contributed by atoms with Crippen molar-refractivity contribution in [1.82, 2.24) is 19.2 Å². The molecule has 1 fully saturated rings. The van der Waals surface area contributed by atoms with E-state index in [-0.39, 0.29) is 17.5 Å². The van der Waals surface area contributed by atoms with Crippen molar-refractivity contribution in [3.63, 3.8) is 0 Å². The normalized spacial score (nSPS) is 18.6. The van der Waals surface area contributed by atoms with E-state index in [1.165, 1.54) is 16.8 Å². The molecular weight excluding hydrogens is 420 g/mol. The van der Waals surface area contributed by atoms with E-state index in [0.29, 0.717) is 13.0 Å². The quantitative estimate of drug-likeness (QED) is 0.770. The Hall–Kier alpha value is -1.71. The number of nitrogens with one attached hydrogen (secondary N) is 1. The van der Waals surface area contributed by atoms with Crippen LogP contribution < -0.4 is 5.32 Å². The lowest BCUT2D eigenvalue weighted by Crippen LogP contribution is -2.48. The number of aromatic nitrogens is 2. The average Bonchev–Trinajstić information content (AvgIpc) is 2.94. The summed E-state index contributed by atoms with van der Waals surface area (Å²) in [5.41, 5.74) is 0.810. The van der Waals surface area contributed by atoms with Crippen LogP contribution in [0.2, 0.25) is 0 Å². The number of halogens is 1. The minimum absolute atomic E-state index is 0.0471. The highest BCUT2D eigenvalue weighted by Crippen LogP contribution is 2.24. The van der Waals surface area contributed by atoms with Gasteiger partial charge in [-0.25, -0.2) is 13.4 Å². The number of sulfonamides is 1. The monoisotopic (exact) mass is 440 g/mol. The number of nitrogens with zero attached hydrogens (tertiary/aromatic N) is 3. The van der Waals surface area contributed by atoms with E-state index in [1.807, 2.05) is 24.3 Å². The fraction of sp³-hybridized carbons (Fsp3) is 0.412. The van der Waals surface area contributed by atoms with Gasteiger partial charge < -0.3 is 9.88 Å². The van der Waals surface area contributed by atoms with Crippen molar-refractivity contribution in [2.24, 2.45) is 7.05 Å². The molecule has 1 aromatic carbocycles. The van der Waals surface area contributed by atoms with Crippen molar-refractivity contribution < 1.29 is 13.2 Å². The van der Waals surface area contributed by atoms with Gasteiger partial charge in [0.1, 0.15) is 6.04 Å². The molecule has 0 radical (unpaired) electrons. The van der Waals surface area contributed by atoms with Gasteiger partial charge in [-0.05, 0) is 37.0 Å². The standard InChI is InChI=1S/C17H21BrN4O3S/c1-21-11-16(20-12-21)26(24,25)22(10-13-5-7-14(18)8-6-13)15-4-2-3-9-19-17(15)23/h5-8,11-12,15H,2-4,9-10H2,1H3,(H,19,23). The zero-order chi connectivity index (χ0) is 18.7. The summed E-state index contributed by atoms with van der Waals surface area (Å²) < 4.78 is 30.2. The molecule has 9 heteroatoms. The summed E-state index contributed by atoms with van der Waals surface area (Å²) in [7, 11) is -2.20. The fourth-order valence-corrected chi connectivity index (χ4v) is 4.81. The van der Waals surface area contributed by atoms with Gasteiger partial charge in [0, 0.05) is 30.8 Å². The topological polar surface area (TPSA) is 84.3 Å². The number of amides is 1. The van der Waals surface area contributed by atoms with Gasteiger partial charge in [0.2, 0.25) is 5.91 Å². The Morgan fingerprint density at radius 2 is 2.04 bits per heavy atom. The number of carbonyl (C=O) groups is 1. The number of benzene rings is 1. The summed E-state index contributed by atoms with van der Waals surface area (Å²) in [6.45, 7) is 0.690. The van der Waals surface area contributed by atoms with Crippen LogP contribution in [0.15, 0.2) is 46.3 Å². The van der Waals surface area contributed by atoms with E-state index in [1.54, 1.807) is 11.6 Å². The molecule has 2 aromatic rings. The Morgan fingerprint density at radius 3 is 2.69 bits per heavy atom. The Balaban J connectivity index is 2.00. The Labute approximate surface area is 161 Å². The van der Waals surface area contributed by atoms with E-state index in [9.17, 15) is 13.2 Å². The summed E-state index contributed by atoms with van der Waals surface area (Å²) in [6.07, 6.45) is 5.03. The first-order valence-corrected chi connectivity index (χ1v) is 10.6. The van der Waals surface area contributed by atoms with Crippen LogP contribution in [0.5, 0.6) is 0 Å². The average molecular weight is 441 g/mol. The first-order chi connectivity index (χ1) is 12.4. The third-order valence-corrected chi connectivity index (χ3v) is 6.63. The van der Waals surface area contributed by atoms with Crippen LogP contribution in [0.4, 0.5) is 0 Å². The van der Waals surface area contributed by atoms with Gasteiger partial charge in [0.15, 0.2) is 5.03 Å². The third-order valence-electron chi connectivity index (χ3n) is 4.36. The van der Waals surface area contributed by atoms with Gasteiger partial charge in [-0.3, -0.25) is 4.79 Å². The predicted molar refractivity (Wildman–Crippen MR) is 101 cm³/mol. The molecule has 1 amide bonds. The maximum Gasteiger partial charge on any atom is 0.263 e. The van der Waals surface area contributed by atoms with E-state index in [4.69, 9.17) is 0 Å². The minimum atomic E-state index is -3.91. The highest BCUT2D eigenvalue weighted by Gasteiger charge is 2.37. The fourth-order valence-electron chi connectivity index (χ4n) is 2.97. The van der Waals surface area contributed by atoms with Crippen LogP contribution in [0.1, 0.15) is 24.8 Å². The lowest BCUT2D eigenvalue weighted by Gasteiger charge is -2.28. The molecule has 1 saturated heterocycles. The maximum atomic E-state index is 13.2. The molecule has 0 spiro atoms. The molecule has 3 rings (SSSR count). The van der Waals surface area contributed by atoms with Crippen LogP contribution in [0, 0.1) is 0 Å². The van der Waals surface area contributed by atoms with Crippen LogP contribution >= 0.6 is 15.9 Å². The van der Waals surface area contributed by atoms with E-state index in [0.717, 1.165) is 22.9 Å². The van der Waals surface area contributed by atoms with Gasteiger partial charge >= 0.3 is 0 Å². The Morgan fingerprint density at radius 1 is 1.31 bits per heavy atom. The second-order valence-corrected chi connectivity index (χ2v) is 9.11. The first-order valence-electron chi connectivity index (χ1n) is 8.40. The zero-order valence-electron chi connectivity index (χ0n) is 14.4. The van der Waals surface area contributed by atoms with Crippen molar-refractivity contribution in [1.29, 1.82) is 0 Å². The van der Waals surface area contributed by atoms with E-state index >= 15 is 0 Å². The second-order valence-electron chi connectivity index (χ2n) is 6.36. The number of carbonyl (C=O) groups excluding carboxylic acids is 1. The first kappa shape index (κ1) is 19.1. The highest BCUT2D eigenvalue weighted by molar-refractivity contribution is 9.10. The SMILES string of the molecule is Cn1cnc(S(=O)(=O)N(Cc2ccc(Br)cc2)C2CCCCNC2=O)c1. The van der Waals surface area contributed by atoms with Gasteiger partial charge in [-0.2, -0.15) is 4.31 Å². The van der Waals surface area contributed by atoms with Crippen molar-refractivity contribution >= 4 is 31.9 Å². The summed E-state index contributed by atoms with van der Waals surface area (Å²) >= 11 is 3.38. The van der Waals surface area contributed by atoms with E-state index < -0.39 is 16.1 Å². The molecule has 1 atom stereocenters. The minimum Gasteiger partial charge on any atom is -0.355 e. The molecule has 1 aromatic heterocycles. The number of imidazole rings is 1. The molecule has 26 heavy (non-hydrogen) atoms. The van der Waals surface area contributed by atoms with Crippen LogP contribution in [-0.2, 0) is 28.4 Å². The van der Waals surface area contributed by atoms with E-state index in [2.05, 4.69) is 26.2 Å². The lowest BCUT2D eigenvalue weighted by atomic mass is 10.1. The third kappa shape index (κ3) is 4.16. The molecule has 140 valence electrons. The lowest BCUT2D eigenvalue weighted by molar-refractivity contribution is -0.124. The van der Waals surface area contributed by atoms with Gasteiger partial charge in [0.25, 0.3) is 10.0 Å². The second kappa shape index (κ2) is 7.89. The molecule has 1 N–H and O–H groups in total. The summed E-state index contributed by atoms with van der Waals surface area (Å²) in [5, 5.41) is 2.77. The van der Waals surface area contributed by atoms with Crippen molar-refractivity contribution in [2.45, 2.75) is 36.9 Å². The number of rotatable bonds is 5. The van der Waals surface area contributed by atoms with Crippen molar-refractivity contribution in [3.8, 4) is 0 Å². The van der Waals surface area contributed by atoms with Gasteiger partial charge in [0.05, 0.1) is 6.33 Å². The number of aryl methyl sites for hydroxylation is 1. The largest absolute Gasteiger partial charge is 0.355 e. The summed E-state index contributed by atoms with van der Waals surface area (Å²) in [5.74, 6) is -0.251. The van der Waals surface area contributed by atoms with Crippen molar-refractivity contribution in [3.05, 3.63) is 46.8 Å². The summed E-state index contributed by atoms with van der Waals surface area (Å²) in [4.78, 5) is 16.5. The molecule has 2 heterocycles. The van der Waals surface area contributed by atoms with Crippen LogP contribution in [-0.4, -0.2) is 40.8 Å². The Bertz CT molecular complexity index is 880. The van der Waals surface area contributed by atoms with Crippen molar-refractivity contribution in [2.75, 3.05) is 6.54 Å². The smallest absolute Gasteiger partial charge is 0.263 e. The Kier molecular flexibility index (Phi) is 5.79. The highest BCUT2D eigenvalue weighted by atomic mass is 79.9. The van der Waals surface area contributed by atoms with Gasteiger partial charge in [-0.15, -0.1) is 0 Å². The zero-order valence-corrected chi connectivity index (χ0v) is 16.8. The molecule has 1 aliphatic heterocycles. The number of hydrogen-bond acceptors (Lipinski definition) is 4. The molecule has 0 saturated carbocycles. The summed E-state index contributed by atoms with van der Waals surface area (Å²) in [6, 6.07) is 6.66. The molecule has 1 unspecified atom stereocenters. The number of hydrogen-bond donors (Lipinski definition) is 1. The predicted octanol–water partition coefficient (Wildman–Crippen LogP) is 2.04. The van der Waals surface area contributed by atoms with Gasteiger partial charge in [-0.1, -0.05) is 28.1 Å². The van der Waals surface area contributed by atoms with Crippen LogP contribution in [0.25, 0.3) is 0 Å².